The van der Waals surface area contributed by atoms with Crippen LogP contribution in [0.1, 0.15) is 24.5 Å². The van der Waals surface area contributed by atoms with Gasteiger partial charge < -0.3 is 5.32 Å². The molecule has 0 aliphatic carbocycles. The Morgan fingerprint density at radius 2 is 2.25 bits per heavy atom. The second-order valence-corrected chi connectivity index (χ2v) is 3.68. The Balaban J connectivity index is 2.48. The lowest BCUT2D eigenvalue weighted by molar-refractivity contribution is 0.701. The first kappa shape index (κ1) is 12.6. The lowest BCUT2D eigenvalue weighted by atomic mass is 10.1. The average Bonchev–Trinajstić information content (AvgIpc) is 2.30. The SMILES string of the molecule is CC#CCCNCc1ccc(C#N)cc1Cl. The van der Waals surface area contributed by atoms with Crippen LogP contribution < -0.4 is 5.32 Å². The molecule has 16 heavy (non-hydrogen) atoms. The molecule has 0 atom stereocenters. The molecule has 0 heterocycles. The Morgan fingerprint density at radius 1 is 1.44 bits per heavy atom. The summed E-state index contributed by atoms with van der Waals surface area (Å²) in [6.45, 7) is 3.38. The van der Waals surface area contributed by atoms with Gasteiger partial charge in [0.15, 0.2) is 0 Å². The summed E-state index contributed by atoms with van der Waals surface area (Å²) in [4.78, 5) is 0. The normalized spacial score (nSPS) is 9.06. The molecule has 0 fully saturated rings. The zero-order valence-corrected chi connectivity index (χ0v) is 9.93. The highest BCUT2D eigenvalue weighted by Crippen LogP contribution is 2.17. The summed E-state index contributed by atoms with van der Waals surface area (Å²) in [5, 5.41) is 12.6. The van der Waals surface area contributed by atoms with Crippen molar-refractivity contribution in [2.75, 3.05) is 6.54 Å². The minimum absolute atomic E-state index is 0.589. The highest BCUT2D eigenvalue weighted by Gasteiger charge is 2.00. The fourth-order valence-corrected chi connectivity index (χ4v) is 1.51. The van der Waals surface area contributed by atoms with E-state index >= 15 is 0 Å². The van der Waals surface area contributed by atoms with Crippen LogP contribution in [-0.2, 0) is 6.54 Å². The summed E-state index contributed by atoms with van der Waals surface area (Å²) in [6, 6.07) is 7.39. The van der Waals surface area contributed by atoms with Crippen LogP contribution in [0.4, 0.5) is 0 Å². The second-order valence-electron chi connectivity index (χ2n) is 3.27. The Morgan fingerprint density at radius 3 is 2.88 bits per heavy atom. The summed E-state index contributed by atoms with van der Waals surface area (Å²) in [7, 11) is 0. The molecule has 0 aromatic heterocycles. The van der Waals surface area contributed by atoms with Gasteiger partial charge in [-0.3, -0.25) is 0 Å². The van der Waals surface area contributed by atoms with Crippen LogP contribution >= 0.6 is 11.6 Å². The molecule has 2 nitrogen and oxygen atoms in total. The zero-order valence-electron chi connectivity index (χ0n) is 9.18. The number of nitrogens with zero attached hydrogens (tertiary/aromatic N) is 1. The van der Waals surface area contributed by atoms with E-state index in [2.05, 4.69) is 23.2 Å². The molecule has 82 valence electrons. The van der Waals surface area contributed by atoms with E-state index in [1.807, 2.05) is 13.0 Å². The van der Waals surface area contributed by atoms with E-state index in [0.29, 0.717) is 17.1 Å². The third-order valence-corrected chi connectivity index (χ3v) is 2.45. The minimum atomic E-state index is 0.589. The lowest BCUT2D eigenvalue weighted by Gasteiger charge is -2.05. The van der Waals surface area contributed by atoms with Crippen molar-refractivity contribution in [2.45, 2.75) is 19.9 Å². The maximum atomic E-state index is 8.69. The van der Waals surface area contributed by atoms with Crippen molar-refractivity contribution in [1.82, 2.24) is 5.32 Å². The van der Waals surface area contributed by atoms with E-state index < -0.39 is 0 Å². The molecule has 0 saturated carbocycles. The third kappa shape index (κ3) is 3.95. The van der Waals surface area contributed by atoms with Crippen LogP contribution in [0.25, 0.3) is 0 Å². The molecule has 1 aromatic rings. The van der Waals surface area contributed by atoms with Gasteiger partial charge in [-0.1, -0.05) is 17.7 Å². The van der Waals surface area contributed by atoms with Gasteiger partial charge in [0.1, 0.15) is 0 Å². The molecule has 3 heteroatoms. The first-order chi connectivity index (χ1) is 7.77. The topological polar surface area (TPSA) is 35.8 Å². The number of hydrogen-bond donors (Lipinski definition) is 1. The number of nitrogens with one attached hydrogen (secondary N) is 1. The zero-order chi connectivity index (χ0) is 11.8. The van der Waals surface area contributed by atoms with Crippen molar-refractivity contribution in [3.63, 3.8) is 0 Å². The Bertz CT molecular complexity index is 449. The highest BCUT2D eigenvalue weighted by molar-refractivity contribution is 6.31. The summed E-state index contributed by atoms with van der Waals surface area (Å²) in [5.41, 5.74) is 1.59. The molecule has 0 aliphatic rings. The van der Waals surface area contributed by atoms with Gasteiger partial charge in [-0.15, -0.1) is 11.8 Å². The Kier molecular flexibility index (Phi) is 5.43. The molecule has 0 unspecified atom stereocenters. The van der Waals surface area contributed by atoms with E-state index in [1.54, 1.807) is 12.1 Å². The molecular formula is C13H13ClN2. The predicted octanol–water partition coefficient (Wildman–Crippen LogP) is 2.71. The van der Waals surface area contributed by atoms with Crippen LogP contribution in [0.5, 0.6) is 0 Å². The molecule has 1 aromatic carbocycles. The van der Waals surface area contributed by atoms with E-state index in [9.17, 15) is 0 Å². The van der Waals surface area contributed by atoms with Crippen LogP contribution in [-0.4, -0.2) is 6.54 Å². The summed E-state index contributed by atoms with van der Waals surface area (Å²) in [5.74, 6) is 5.82. The second kappa shape index (κ2) is 6.90. The van der Waals surface area contributed by atoms with E-state index in [4.69, 9.17) is 16.9 Å². The van der Waals surface area contributed by atoms with E-state index in [0.717, 1.165) is 18.5 Å². The monoisotopic (exact) mass is 232 g/mol. The minimum Gasteiger partial charge on any atom is -0.312 e. The number of nitriles is 1. The van der Waals surface area contributed by atoms with Crippen LogP contribution in [0.3, 0.4) is 0 Å². The predicted molar refractivity (Wildman–Crippen MR) is 65.9 cm³/mol. The number of hydrogen-bond acceptors (Lipinski definition) is 2. The average molecular weight is 233 g/mol. The van der Waals surface area contributed by atoms with Crippen molar-refractivity contribution < 1.29 is 0 Å². The molecule has 0 amide bonds. The fourth-order valence-electron chi connectivity index (χ4n) is 1.26. The molecular weight excluding hydrogens is 220 g/mol. The first-order valence-corrected chi connectivity index (χ1v) is 5.44. The highest BCUT2D eigenvalue weighted by atomic mass is 35.5. The first-order valence-electron chi connectivity index (χ1n) is 5.06. The standard InChI is InChI=1S/C13H13ClN2/c1-2-3-4-7-16-10-12-6-5-11(9-15)8-13(12)14/h5-6,8,16H,4,7,10H2,1H3. The van der Waals surface area contributed by atoms with Gasteiger partial charge in [-0.25, -0.2) is 0 Å². The Labute approximate surface area is 101 Å². The molecule has 0 radical (unpaired) electrons. The molecule has 1 N–H and O–H groups in total. The van der Waals surface area contributed by atoms with Gasteiger partial charge >= 0.3 is 0 Å². The van der Waals surface area contributed by atoms with Gasteiger partial charge in [0.05, 0.1) is 11.6 Å². The molecule has 0 spiro atoms. The van der Waals surface area contributed by atoms with Crippen molar-refractivity contribution in [1.29, 1.82) is 5.26 Å². The molecule has 1 rings (SSSR count). The fraction of sp³-hybridized carbons (Fsp3) is 0.308. The number of halogens is 1. The van der Waals surface area contributed by atoms with Crippen LogP contribution in [0.15, 0.2) is 18.2 Å². The molecule has 0 bridgehead atoms. The third-order valence-electron chi connectivity index (χ3n) is 2.10. The smallest absolute Gasteiger partial charge is 0.0992 e. The van der Waals surface area contributed by atoms with Gasteiger partial charge in [-0.05, 0) is 24.6 Å². The van der Waals surface area contributed by atoms with Crippen LogP contribution in [0.2, 0.25) is 5.02 Å². The van der Waals surface area contributed by atoms with Crippen LogP contribution in [0, 0.1) is 23.2 Å². The van der Waals surface area contributed by atoms with Gasteiger partial charge in [0.25, 0.3) is 0 Å². The maximum absolute atomic E-state index is 8.69. The quantitative estimate of drug-likeness (QED) is 0.640. The van der Waals surface area contributed by atoms with Gasteiger partial charge in [0.2, 0.25) is 0 Å². The summed E-state index contributed by atoms with van der Waals surface area (Å²) < 4.78 is 0. The van der Waals surface area contributed by atoms with Gasteiger partial charge in [0, 0.05) is 24.5 Å². The summed E-state index contributed by atoms with van der Waals surface area (Å²) >= 11 is 6.03. The largest absolute Gasteiger partial charge is 0.312 e. The molecule has 0 aliphatic heterocycles. The van der Waals surface area contributed by atoms with Crippen molar-refractivity contribution in [3.05, 3.63) is 34.3 Å². The van der Waals surface area contributed by atoms with E-state index in [1.165, 1.54) is 0 Å². The molecule has 0 saturated heterocycles. The van der Waals surface area contributed by atoms with Crippen molar-refractivity contribution >= 4 is 11.6 Å². The maximum Gasteiger partial charge on any atom is 0.0992 e. The lowest BCUT2D eigenvalue weighted by Crippen LogP contribution is -2.14. The van der Waals surface area contributed by atoms with E-state index in [-0.39, 0.29) is 0 Å². The number of benzene rings is 1. The van der Waals surface area contributed by atoms with Crippen molar-refractivity contribution in [2.24, 2.45) is 0 Å². The van der Waals surface area contributed by atoms with Gasteiger partial charge in [-0.2, -0.15) is 5.26 Å². The Hall–Kier alpha value is -1.48. The number of rotatable bonds is 4. The van der Waals surface area contributed by atoms with Crippen molar-refractivity contribution in [3.8, 4) is 17.9 Å². The summed E-state index contributed by atoms with van der Waals surface area (Å²) in [6.07, 6.45) is 0.838.